The smallest absolute Gasteiger partial charge is 0.241 e. The van der Waals surface area contributed by atoms with Gasteiger partial charge in [0, 0.05) is 19.3 Å². The number of anilines is 1. The predicted molar refractivity (Wildman–Crippen MR) is 71.8 cm³/mol. The number of carbonyl (C=O) groups excluding carboxylic acids is 1. The fourth-order valence-electron chi connectivity index (χ4n) is 1.64. The number of nitrogens with zero attached hydrogens (tertiary/aromatic N) is 2. The minimum Gasteiger partial charge on any atom is -0.490 e. The highest BCUT2D eigenvalue weighted by atomic mass is 16.5. The molecule has 1 N–H and O–H groups in total. The van der Waals surface area contributed by atoms with Gasteiger partial charge >= 0.3 is 0 Å². The highest BCUT2D eigenvalue weighted by Crippen LogP contribution is 2.20. The van der Waals surface area contributed by atoms with Gasteiger partial charge in [-0.05, 0) is 32.9 Å². The van der Waals surface area contributed by atoms with Crippen LogP contribution < -0.4 is 10.1 Å². The van der Waals surface area contributed by atoms with E-state index in [1.54, 1.807) is 11.1 Å². The third-order valence-electron chi connectivity index (χ3n) is 2.59. The molecule has 0 unspecified atom stereocenters. The molecule has 1 aromatic rings. The minimum absolute atomic E-state index is 0.0631. The number of aromatic nitrogens is 1. The Labute approximate surface area is 108 Å². The van der Waals surface area contributed by atoms with Crippen LogP contribution in [0.15, 0.2) is 18.3 Å². The Morgan fingerprint density at radius 2 is 2.11 bits per heavy atom. The van der Waals surface area contributed by atoms with Crippen LogP contribution in [0.3, 0.4) is 0 Å². The second kappa shape index (κ2) is 7.53. The van der Waals surface area contributed by atoms with Gasteiger partial charge in [0.25, 0.3) is 0 Å². The molecular weight excluding hydrogens is 230 g/mol. The summed E-state index contributed by atoms with van der Waals surface area (Å²) in [5, 5.41) is 3.02. The van der Waals surface area contributed by atoms with Gasteiger partial charge in [-0.25, -0.2) is 4.98 Å². The van der Waals surface area contributed by atoms with Crippen LogP contribution >= 0.6 is 0 Å². The molecule has 0 aliphatic heterocycles. The highest BCUT2D eigenvalue weighted by molar-refractivity contribution is 5.80. The Hall–Kier alpha value is -1.78. The second-order valence-corrected chi connectivity index (χ2v) is 3.70. The first-order valence-corrected chi connectivity index (χ1v) is 6.32. The summed E-state index contributed by atoms with van der Waals surface area (Å²) in [4.78, 5) is 17.8. The molecule has 0 aliphatic rings. The number of carbonyl (C=O) groups is 1. The van der Waals surface area contributed by atoms with Crippen LogP contribution in [0.1, 0.15) is 20.8 Å². The molecule has 0 aromatic carbocycles. The number of hydrogen-bond donors (Lipinski definition) is 1. The van der Waals surface area contributed by atoms with Gasteiger partial charge in [-0.2, -0.15) is 0 Å². The van der Waals surface area contributed by atoms with Crippen molar-refractivity contribution in [2.24, 2.45) is 0 Å². The molecule has 0 atom stereocenters. The molecule has 0 fully saturated rings. The average molecular weight is 251 g/mol. The van der Waals surface area contributed by atoms with Crippen LogP contribution in [0.2, 0.25) is 0 Å². The van der Waals surface area contributed by atoms with Gasteiger partial charge in [0.15, 0.2) is 11.6 Å². The molecule has 1 aromatic heterocycles. The Bertz CT molecular complexity index is 378. The monoisotopic (exact) mass is 251 g/mol. The number of hydrogen-bond acceptors (Lipinski definition) is 4. The van der Waals surface area contributed by atoms with Gasteiger partial charge in [0.05, 0.1) is 13.2 Å². The summed E-state index contributed by atoms with van der Waals surface area (Å²) in [5.41, 5.74) is 0. The van der Waals surface area contributed by atoms with Gasteiger partial charge in [0.1, 0.15) is 0 Å². The molecule has 5 nitrogen and oxygen atoms in total. The van der Waals surface area contributed by atoms with E-state index >= 15 is 0 Å². The van der Waals surface area contributed by atoms with Crippen molar-refractivity contribution in [2.75, 3.05) is 31.6 Å². The third kappa shape index (κ3) is 3.91. The van der Waals surface area contributed by atoms with E-state index in [1.165, 1.54) is 0 Å². The number of nitrogens with one attached hydrogen (secondary N) is 1. The van der Waals surface area contributed by atoms with Crippen molar-refractivity contribution in [2.45, 2.75) is 20.8 Å². The third-order valence-corrected chi connectivity index (χ3v) is 2.59. The molecule has 1 rings (SSSR count). The summed E-state index contributed by atoms with van der Waals surface area (Å²) in [5.74, 6) is 1.35. The van der Waals surface area contributed by atoms with E-state index < -0.39 is 0 Å². The van der Waals surface area contributed by atoms with Crippen LogP contribution in [-0.2, 0) is 4.79 Å². The molecule has 0 radical (unpaired) electrons. The lowest BCUT2D eigenvalue weighted by molar-refractivity contribution is -0.128. The average Bonchev–Trinajstić information content (AvgIpc) is 2.39. The first kappa shape index (κ1) is 14.3. The van der Waals surface area contributed by atoms with Crippen LogP contribution in [0.5, 0.6) is 5.75 Å². The normalized spacial score (nSPS) is 9.94. The summed E-state index contributed by atoms with van der Waals surface area (Å²) < 4.78 is 5.43. The fourth-order valence-corrected chi connectivity index (χ4v) is 1.64. The Balaban J connectivity index is 2.60. The van der Waals surface area contributed by atoms with Crippen molar-refractivity contribution in [1.82, 2.24) is 9.88 Å². The molecule has 18 heavy (non-hydrogen) atoms. The topological polar surface area (TPSA) is 54.5 Å². The van der Waals surface area contributed by atoms with Gasteiger partial charge in [-0.3, -0.25) is 4.79 Å². The number of rotatable bonds is 7. The number of likely N-dealkylation sites (N-methyl/N-ethyl adjacent to an activating group) is 1. The lowest BCUT2D eigenvalue weighted by atomic mass is 10.4. The number of pyridine rings is 1. The maximum atomic E-state index is 11.8. The molecule has 1 amide bonds. The zero-order valence-corrected chi connectivity index (χ0v) is 11.3. The lowest BCUT2D eigenvalue weighted by Gasteiger charge is -2.19. The van der Waals surface area contributed by atoms with Gasteiger partial charge < -0.3 is 15.0 Å². The Morgan fingerprint density at radius 1 is 1.39 bits per heavy atom. The SMILES string of the molecule is CCOc1cccnc1NCC(=O)N(CC)CC. The zero-order chi connectivity index (χ0) is 13.4. The van der Waals surface area contributed by atoms with E-state index in [4.69, 9.17) is 4.74 Å². The standard InChI is InChI=1S/C13H21N3O2/c1-4-16(5-2)12(17)10-15-13-11(18-6-3)8-7-9-14-13/h7-9H,4-6,10H2,1-3H3,(H,14,15). The first-order valence-electron chi connectivity index (χ1n) is 6.32. The largest absolute Gasteiger partial charge is 0.490 e. The Morgan fingerprint density at radius 3 is 2.72 bits per heavy atom. The maximum absolute atomic E-state index is 11.8. The van der Waals surface area contributed by atoms with E-state index in [1.807, 2.05) is 32.9 Å². The number of amides is 1. The molecular formula is C13H21N3O2. The van der Waals surface area contributed by atoms with Crippen molar-refractivity contribution in [3.8, 4) is 5.75 Å². The quantitative estimate of drug-likeness (QED) is 0.802. The van der Waals surface area contributed by atoms with E-state index in [9.17, 15) is 4.79 Å². The summed E-state index contributed by atoms with van der Waals surface area (Å²) in [6.45, 7) is 8.09. The van der Waals surface area contributed by atoms with Gasteiger partial charge in [0.2, 0.25) is 5.91 Å². The molecule has 0 bridgehead atoms. The molecule has 0 saturated heterocycles. The van der Waals surface area contributed by atoms with Gasteiger partial charge in [-0.1, -0.05) is 0 Å². The van der Waals surface area contributed by atoms with Crippen LogP contribution in [0.4, 0.5) is 5.82 Å². The minimum atomic E-state index is 0.0631. The van der Waals surface area contributed by atoms with Gasteiger partial charge in [-0.15, -0.1) is 0 Å². The van der Waals surface area contributed by atoms with Crippen molar-refractivity contribution >= 4 is 11.7 Å². The molecule has 5 heteroatoms. The number of ether oxygens (including phenoxy) is 1. The molecule has 0 aliphatic carbocycles. The molecule has 0 saturated carbocycles. The van der Waals surface area contributed by atoms with Crippen LogP contribution in [0, 0.1) is 0 Å². The summed E-state index contributed by atoms with van der Waals surface area (Å²) in [7, 11) is 0. The van der Waals surface area contributed by atoms with E-state index in [0.29, 0.717) is 18.2 Å². The summed E-state index contributed by atoms with van der Waals surface area (Å²) in [6, 6.07) is 3.64. The van der Waals surface area contributed by atoms with Crippen molar-refractivity contribution < 1.29 is 9.53 Å². The lowest BCUT2D eigenvalue weighted by Crippen LogP contribution is -2.35. The zero-order valence-electron chi connectivity index (χ0n) is 11.3. The summed E-state index contributed by atoms with van der Waals surface area (Å²) in [6.07, 6.45) is 1.67. The molecule has 100 valence electrons. The van der Waals surface area contributed by atoms with Crippen LogP contribution in [-0.4, -0.2) is 42.0 Å². The van der Waals surface area contributed by atoms with E-state index in [0.717, 1.165) is 13.1 Å². The second-order valence-electron chi connectivity index (χ2n) is 3.70. The fraction of sp³-hybridized carbons (Fsp3) is 0.538. The van der Waals surface area contributed by atoms with Crippen LogP contribution in [0.25, 0.3) is 0 Å². The summed E-state index contributed by atoms with van der Waals surface area (Å²) >= 11 is 0. The first-order chi connectivity index (χ1) is 8.72. The molecule has 0 spiro atoms. The molecule has 1 heterocycles. The van der Waals surface area contributed by atoms with E-state index in [-0.39, 0.29) is 12.5 Å². The van der Waals surface area contributed by atoms with Crippen molar-refractivity contribution in [3.63, 3.8) is 0 Å². The van der Waals surface area contributed by atoms with E-state index in [2.05, 4.69) is 10.3 Å². The predicted octanol–water partition coefficient (Wildman–Crippen LogP) is 1.76. The highest BCUT2D eigenvalue weighted by Gasteiger charge is 2.10. The Kier molecular flexibility index (Phi) is 5.97. The van der Waals surface area contributed by atoms with Crippen molar-refractivity contribution in [3.05, 3.63) is 18.3 Å². The van der Waals surface area contributed by atoms with Crippen molar-refractivity contribution in [1.29, 1.82) is 0 Å². The maximum Gasteiger partial charge on any atom is 0.241 e.